The zero-order chi connectivity index (χ0) is 15.9. The third kappa shape index (κ3) is 2.34. The molecule has 0 saturated carbocycles. The van der Waals surface area contributed by atoms with Crippen molar-refractivity contribution < 1.29 is 9.59 Å². The number of hydrogen-bond acceptors (Lipinski definition) is 3. The highest BCUT2D eigenvalue weighted by atomic mass is 35.5. The normalized spacial score (nSPS) is 14.1. The lowest BCUT2D eigenvalue weighted by Crippen LogP contribution is -2.24. The number of ketones is 2. The van der Waals surface area contributed by atoms with Gasteiger partial charge in [0, 0.05) is 16.8 Å². The number of fused-ring (bicyclic) bond motifs is 1. The van der Waals surface area contributed by atoms with Gasteiger partial charge in [-0.2, -0.15) is 0 Å². The van der Waals surface area contributed by atoms with Crippen molar-refractivity contribution in [2.75, 3.05) is 5.32 Å². The van der Waals surface area contributed by atoms with Gasteiger partial charge in [0.25, 0.3) is 0 Å². The lowest BCUT2D eigenvalue weighted by atomic mass is 9.92. The van der Waals surface area contributed by atoms with Crippen LogP contribution in [0.25, 0.3) is 0 Å². The standard InChI is InChI=1S/C18H14ClNO2/c1-10-7-8-12(9-11(10)2)20-16-15(19)17(21)13-5-3-4-6-14(13)18(16)22/h3-9,20H,1-2H3. The van der Waals surface area contributed by atoms with Gasteiger partial charge in [-0.15, -0.1) is 0 Å². The van der Waals surface area contributed by atoms with Crippen molar-refractivity contribution in [1.29, 1.82) is 0 Å². The maximum absolute atomic E-state index is 12.6. The van der Waals surface area contributed by atoms with Crippen molar-refractivity contribution in [3.8, 4) is 0 Å². The summed E-state index contributed by atoms with van der Waals surface area (Å²) >= 11 is 6.12. The first-order valence-electron chi connectivity index (χ1n) is 6.91. The number of aryl methyl sites for hydroxylation is 2. The topological polar surface area (TPSA) is 46.2 Å². The Kier molecular flexibility index (Phi) is 3.59. The van der Waals surface area contributed by atoms with Crippen molar-refractivity contribution in [3.05, 3.63) is 75.4 Å². The molecule has 22 heavy (non-hydrogen) atoms. The number of benzene rings is 2. The zero-order valence-electron chi connectivity index (χ0n) is 12.2. The highest BCUT2D eigenvalue weighted by Crippen LogP contribution is 2.29. The predicted molar refractivity (Wildman–Crippen MR) is 87.5 cm³/mol. The fourth-order valence-electron chi connectivity index (χ4n) is 2.42. The van der Waals surface area contributed by atoms with E-state index in [-0.39, 0.29) is 22.3 Å². The molecule has 4 heteroatoms. The van der Waals surface area contributed by atoms with Gasteiger partial charge in [-0.3, -0.25) is 9.59 Å². The van der Waals surface area contributed by atoms with Crippen molar-refractivity contribution in [1.82, 2.24) is 0 Å². The van der Waals surface area contributed by atoms with Crippen LogP contribution in [0.2, 0.25) is 0 Å². The number of hydrogen-bond donors (Lipinski definition) is 1. The molecular weight excluding hydrogens is 298 g/mol. The molecule has 0 unspecified atom stereocenters. The molecule has 3 rings (SSSR count). The monoisotopic (exact) mass is 311 g/mol. The van der Waals surface area contributed by atoms with Gasteiger partial charge in [0.05, 0.1) is 0 Å². The van der Waals surface area contributed by atoms with Crippen LogP contribution < -0.4 is 5.32 Å². The third-order valence-corrected chi connectivity index (χ3v) is 4.20. The summed E-state index contributed by atoms with van der Waals surface area (Å²) in [6, 6.07) is 12.4. The van der Waals surface area contributed by atoms with Crippen LogP contribution in [-0.4, -0.2) is 11.6 Å². The lowest BCUT2D eigenvalue weighted by molar-refractivity contribution is 0.0982. The molecule has 0 saturated heterocycles. The fraction of sp³-hybridized carbons (Fsp3) is 0.111. The van der Waals surface area contributed by atoms with E-state index in [4.69, 9.17) is 11.6 Å². The van der Waals surface area contributed by atoms with E-state index in [1.165, 1.54) is 0 Å². The van der Waals surface area contributed by atoms with Gasteiger partial charge in [-0.1, -0.05) is 41.9 Å². The van der Waals surface area contributed by atoms with Crippen LogP contribution in [0.3, 0.4) is 0 Å². The van der Waals surface area contributed by atoms with Gasteiger partial charge in [0.2, 0.25) is 11.6 Å². The minimum atomic E-state index is -0.330. The molecule has 2 aromatic carbocycles. The molecule has 1 N–H and O–H groups in total. The number of Topliss-reactive ketones (excluding diaryl/α,β-unsaturated/α-hetero) is 2. The number of halogens is 1. The molecule has 0 radical (unpaired) electrons. The molecular formula is C18H14ClNO2. The molecule has 1 aliphatic carbocycles. The predicted octanol–water partition coefficient (Wildman–Crippen LogP) is 4.24. The van der Waals surface area contributed by atoms with Crippen molar-refractivity contribution in [3.63, 3.8) is 0 Å². The minimum Gasteiger partial charge on any atom is -0.351 e. The molecule has 1 aliphatic rings. The molecule has 0 fully saturated rings. The van der Waals surface area contributed by atoms with Crippen LogP contribution >= 0.6 is 11.6 Å². The zero-order valence-corrected chi connectivity index (χ0v) is 13.0. The van der Waals surface area contributed by atoms with Crippen molar-refractivity contribution >= 4 is 28.9 Å². The number of anilines is 1. The quantitative estimate of drug-likeness (QED) is 0.902. The first kappa shape index (κ1) is 14.5. The second-order valence-electron chi connectivity index (χ2n) is 5.32. The Morgan fingerprint density at radius 1 is 0.864 bits per heavy atom. The van der Waals surface area contributed by atoms with Gasteiger partial charge in [-0.05, 0) is 37.1 Å². The summed E-state index contributed by atoms with van der Waals surface area (Å²) < 4.78 is 0. The number of rotatable bonds is 2. The van der Waals surface area contributed by atoms with E-state index in [9.17, 15) is 9.59 Å². The number of allylic oxidation sites excluding steroid dienone is 2. The van der Waals surface area contributed by atoms with Gasteiger partial charge in [0.15, 0.2) is 0 Å². The van der Waals surface area contributed by atoms with E-state index in [0.717, 1.165) is 16.8 Å². The Bertz CT molecular complexity index is 837. The fourth-order valence-corrected chi connectivity index (χ4v) is 2.66. The summed E-state index contributed by atoms with van der Waals surface area (Å²) in [6.07, 6.45) is 0. The SMILES string of the molecule is Cc1ccc(NC2=C(Cl)C(=O)c3ccccc3C2=O)cc1C. The highest BCUT2D eigenvalue weighted by molar-refractivity contribution is 6.50. The Morgan fingerprint density at radius 3 is 2.14 bits per heavy atom. The molecule has 0 aliphatic heterocycles. The number of nitrogens with one attached hydrogen (secondary N) is 1. The maximum atomic E-state index is 12.6. The summed E-state index contributed by atoms with van der Waals surface area (Å²) in [5, 5.41) is 2.93. The van der Waals surface area contributed by atoms with Gasteiger partial charge >= 0.3 is 0 Å². The summed E-state index contributed by atoms with van der Waals surface area (Å²) in [6.45, 7) is 4.00. The van der Waals surface area contributed by atoms with Crippen LogP contribution in [0.15, 0.2) is 53.2 Å². The average molecular weight is 312 g/mol. The van der Waals surface area contributed by atoms with Crippen LogP contribution in [0.1, 0.15) is 31.8 Å². The molecule has 0 bridgehead atoms. The second kappa shape index (κ2) is 5.43. The summed E-state index contributed by atoms with van der Waals surface area (Å²) in [5.41, 5.74) is 3.84. The Morgan fingerprint density at radius 2 is 1.50 bits per heavy atom. The minimum absolute atomic E-state index is 0.0677. The molecule has 0 atom stereocenters. The van der Waals surface area contributed by atoms with Crippen molar-refractivity contribution in [2.45, 2.75) is 13.8 Å². The first-order valence-corrected chi connectivity index (χ1v) is 7.29. The molecule has 3 nitrogen and oxygen atoms in total. The molecule has 0 heterocycles. The van der Waals surface area contributed by atoms with Crippen LogP contribution in [0, 0.1) is 13.8 Å². The van der Waals surface area contributed by atoms with E-state index >= 15 is 0 Å². The van der Waals surface area contributed by atoms with Gasteiger partial charge < -0.3 is 5.32 Å². The molecule has 0 amide bonds. The van der Waals surface area contributed by atoms with Crippen LogP contribution in [0.5, 0.6) is 0 Å². The first-order chi connectivity index (χ1) is 10.5. The van der Waals surface area contributed by atoms with Crippen molar-refractivity contribution in [2.24, 2.45) is 0 Å². The van der Waals surface area contributed by atoms with E-state index in [1.54, 1.807) is 24.3 Å². The Balaban J connectivity index is 2.03. The van der Waals surface area contributed by atoms with E-state index in [2.05, 4.69) is 5.32 Å². The average Bonchev–Trinajstić information content (AvgIpc) is 2.53. The molecule has 2 aromatic rings. The Hall–Kier alpha value is -2.39. The van der Waals surface area contributed by atoms with Gasteiger partial charge in [-0.25, -0.2) is 0 Å². The lowest BCUT2D eigenvalue weighted by Gasteiger charge is -2.19. The Labute approximate surface area is 133 Å². The second-order valence-corrected chi connectivity index (χ2v) is 5.69. The van der Waals surface area contributed by atoms with Gasteiger partial charge in [0.1, 0.15) is 10.7 Å². The molecule has 0 spiro atoms. The highest BCUT2D eigenvalue weighted by Gasteiger charge is 2.31. The smallest absolute Gasteiger partial charge is 0.211 e. The maximum Gasteiger partial charge on any atom is 0.211 e. The van der Waals surface area contributed by atoms with Crippen LogP contribution in [-0.2, 0) is 0 Å². The van der Waals surface area contributed by atoms with Crippen LogP contribution in [0.4, 0.5) is 5.69 Å². The number of carbonyl (C=O) groups excluding carboxylic acids is 2. The summed E-state index contributed by atoms with van der Waals surface area (Å²) in [4.78, 5) is 24.9. The number of carbonyl (C=O) groups is 2. The summed E-state index contributed by atoms with van der Waals surface area (Å²) in [5.74, 6) is -0.596. The van der Waals surface area contributed by atoms with E-state index in [1.807, 2.05) is 32.0 Å². The summed E-state index contributed by atoms with van der Waals surface area (Å²) in [7, 11) is 0. The van der Waals surface area contributed by atoms with E-state index < -0.39 is 0 Å². The van der Waals surface area contributed by atoms with E-state index in [0.29, 0.717) is 11.1 Å². The molecule has 0 aromatic heterocycles. The molecule has 110 valence electrons. The third-order valence-electron chi connectivity index (χ3n) is 3.84. The largest absolute Gasteiger partial charge is 0.351 e.